The highest BCUT2D eigenvalue weighted by Crippen LogP contribution is 2.33. The maximum absolute atomic E-state index is 13.0. The second kappa shape index (κ2) is 7.32. The van der Waals surface area contributed by atoms with E-state index in [0.29, 0.717) is 33.3 Å². The molecule has 0 atom stereocenters. The molecule has 30 heavy (non-hydrogen) atoms. The normalized spacial score (nSPS) is 11.1. The van der Waals surface area contributed by atoms with Gasteiger partial charge in [0.1, 0.15) is 5.52 Å². The molecule has 0 radical (unpaired) electrons. The Bertz CT molecular complexity index is 1420. The minimum absolute atomic E-state index is 0.187. The quantitative estimate of drug-likeness (QED) is 0.352. The molecule has 4 nitrogen and oxygen atoms in total. The van der Waals surface area contributed by atoms with E-state index in [0.717, 1.165) is 21.9 Å². The first-order valence-corrected chi connectivity index (χ1v) is 9.92. The molecule has 146 valence electrons. The third kappa shape index (κ3) is 3.31. The number of anilines is 1. The minimum Gasteiger partial charge on any atom is -0.436 e. The lowest BCUT2D eigenvalue weighted by Gasteiger charge is -2.09. The van der Waals surface area contributed by atoms with Crippen molar-refractivity contribution in [1.82, 2.24) is 4.98 Å². The van der Waals surface area contributed by atoms with Gasteiger partial charge < -0.3 is 9.73 Å². The highest BCUT2D eigenvalue weighted by molar-refractivity contribution is 6.33. The van der Waals surface area contributed by atoms with Gasteiger partial charge in [-0.05, 0) is 59.7 Å². The zero-order valence-corrected chi connectivity index (χ0v) is 16.9. The predicted molar refractivity (Wildman–Crippen MR) is 121 cm³/mol. The molecule has 0 spiro atoms. The average molecular weight is 413 g/mol. The Hall–Kier alpha value is -3.63. The smallest absolute Gasteiger partial charge is 0.256 e. The van der Waals surface area contributed by atoms with E-state index in [9.17, 15) is 4.79 Å². The van der Waals surface area contributed by atoms with Gasteiger partial charge in [-0.25, -0.2) is 4.98 Å². The maximum Gasteiger partial charge on any atom is 0.256 e. The van der Waals surface area contributed by atoms with E-state index in [4.69, 9.17) is 16.0 Å². The standard InChI is InChI=1S/C25H17ClN2O2/c1-15-9-12-22-23(13-15)30-25(28-22)20-14-17(10-11-21(20)26)27-24(29)19-8-4-6-16-5-2-3-7-18(16)19/h2-14H,1H3,(H,27,29). The number of aryl methyl sites for hydroxylation is 1. The molecule has 0 unspecified atom stereocenters. The van der Waals surface area contributed by atoms with Gasteiger partial charge in [0.2, 0.25) is 5.89 Å². The zero-order chi connectivity index (χ0) is 20.7. The molecule has 5 rings (SSSR count). The Morgan fingerprint density at radius 3 is 2.70 bits per heavy atom. The average Bonchev–Trinajstić information content (AvgIpc) is 3.17. The molecule has 1 aromatic heterocycles. The van der Waals surface area contributed by atoms with Crippen molar-refractivity contribution >= 4 is 45.1 Å². The molecule has 0 fully saturated rings. The summed E-state index contributed by atoms with van der Waals surface area (Å²) in [4.78, 5) is 17.5. The summed E-state index contributed by atoms with van der Waals surface area (Å²) in [5.41, 5.74) is 4.41. The van der Waals surface area contributed by atoms with Gasteiger partial charge in [0.05, 0.1) is 10.6 Å². The van der Waals surface area contributed by atoms with Gasteiger partial charge in [-0.3, -0.25) is 4.79 Å². The lowest BCUT2D eigenvalue weighted by atomic mass is 10.0. The molecule has 0 aliphatic heterocycles. The van der Waals surface area contributed by atoms with Crippen LogP contribution in [0.15, 0.2) is 83.3 Å². The van der Waals surface area contributed by atoms with Crippen LogP contribution in [0.5, 0.6) is 0 Å². The Labute approximate surface area is 178 Å². The fourth-order valence-electron chi connectivity index (χ4n) is 3.54. The molecular formula is C25H17ClN2O2. The number of nitrogens with one attached hydrogen (secondary N) is 1. The Balaban J connectivity index is 1.50. The number of rotatable bonds is 3. The largest absolute Gasteiger partial charge is 0.436 e. The lowest BCUT2D eigenvalue weighted by molar-refractivity contribution is 0.102. The highest BCUT2D eigenvalue weighted by Gasteiger charge is 2.15. The summed E-state index contributed by atoms with van der Waals surface area (Å²) in [6.45, 7) is 2.00. The van der Waals surface area contributed by atoms with E-state index in [2.05, 4.69) is 10.3 Å². The highest BCUT2D eigenvalue weighted by atomic mass is 35.5. The van der Waals surface area contributed by atoms with E-state index in [-0.39, 0.29) is 5.91 Å². The summed E-state index contributed by atoms with van der Waals surface area (Å²) in [5.74, 6) is 0.232. The van der Waals surface area contributed by atoms with Crippen molar-refractivity contribution in [3.63, 3.8) is 0 Å². The van der Waals surface area contributed by atoms with Crippen LogP contribution in [-0.4, -0.2) is 10.9 Å². The SMILES string of the molecule is Cc1ccc2nc(-c3cc(NC(=O)c4cccc5ccccc45)ccc3Cl)oc2c1. The molecule has 0 saturated heterocycles. The van der Waals surface area contributed by atoms with Gasteiger partial charge in [0.25, 0.3) is 5.91 Å². The number of halogens is 1. The van der Waals surface area contributed by atoms with Gasteiger partial charge >= 0.3 is 0 Å². The Kier molecular flexibility index (Phi) is 4.49. The third-order valence-corrected chi connectivity index (χ3v) is 5.36. The second-order valence-corrected chi connectivity index (χ2v) is 7.57. The van der Waals surface area contributed by atoms with Crippen molar-refractivity contribution in [2.45, 2.75) is 6.92 Å². The van der Waals surface area contributed by atoms with Crippen LogP contribution < -0.4 is 5.32 Å². The van der Waals surface area contributed by atoms with Gasteiger partial charge in [-0.2, -0.15) is 0 Å². The molecule has 5 aromatic rings. The number of benzene rings is 4. The number of aromatic nitrogens is 1. The van der Waals surface area contributed by atoms with Crippen molar-refractivity contribution in [2.75, 3.05) is 5.32 Å². The number of amides is 1. The fraction of sp³-hybridized carbons (Fsp3) is 0.0400. The van der Waals surface area contributed by atoms with Crippen molar-refractivity contribution in [2.24, 2.45) is 0 Å². The molecule has 0 aliphatic carbocycles. The number of hydrogen-bond acceptors (Lipinski definition) is 3. The van der Waals surface area contributed by atoms with Crippen LogP contribution in [-0.2, 0) is 0 Å². The molecular weight excluding hydrogens is 396 g/mol. The number of hydrogen-bond donors (Lipinski definition) is 1. The van der Waals surface area contributed by atoms with Crippen molar-refractivity contribution in [3.05, 3.63) is 95.0 Å². The summed E-state index contributed by atoms with van der Waals surface area (Å²) in [6, 6.07) is 24.6. The molecule has 0 bridgehead atoms. The number of carbonyl (C=O) groups excluding carboxylic acids is 1. The van der Waals surface area contributed by atoms with E-state index >= 15 is 0 Å². The van der Waals surface area contributed by atoms with E-state index < -0.39 is 0 Å². The number of carbonyl (C=O) groups is 1. The first-order chi connectivity index (χ1) is 14.6. The summed E-state index contributed by atoms with van der Waals surface area (Å²) in [5, 5.41) is 5.39. The van der Waals surface area contributed by atoms with Crippen LogP contribution >= 0.6 is 11.6 Å². The van der Waals surface area contributed by atoms with Crippen molar-refractivity contribution in [3.8, 4) is 11.5 Å². The molecule has 0 aliphatic rings. The topological polar surface area (TPSA) is 55.1 Å². The van der Waals surface area contributed by atoms with Crippen LogP contribution in [0.1, 0.15) is 15.9 Å². The minimum atomic E-state index is -0.187. The van der Waals surface area contributed by atoms with Gasteiger partial charge in [0, 0.05) is 11.3 Å². The molecule has 4 aromatic carbocycles. The molecule has 1 N–H and O–H groups in total. The summed E-state index contributed by atoms with van der Waals surface area (Å²) >= 11 is 6.41. The van der Waals surface area contributed by atoms with Gasteiger partial charge in [-0.1, -0.05) is 54.1 Å². The maximum atomic E-state index is 13.0. The molecule has 1 heterocycles. The predicted octanol–water partition coefficient (Wildman–Crippen LogP) is 6.86. The van der Waals surface area contributed by atoms with Crippen LogP contribution in [0.3, 0.4) is 0 Å². The molecule has 1 amide bonds. The van der Waals surface area contributed by atoms with E-state index in [1.54, 1.807) is 18.2 Å². The van der Waals surface area contributed by atoms with E-state index in [1.165, 1.54) is 0 Å². The Morgan fingerprint density at radius 1 is 0.967 bits per heavy atom. The summed E-state index contributed by atoms with van der Waals surface area (Å²) in [6.07, 6.45) is 0. The van der Waals surface area contributed by atoms with Crippen LogP contribution in [0.2, 0.25) is 5.02 Å². The van der Waals surface area contributed by atoms with Crippen LogP contribution in [0.4, 0.5) is 5.69 Å². The lowest BCUT2D eigenvalue weighted by Crippen LogP contribution is -2.12. The van der Waals surface area contributed by atoms with Crippen LogP contribution in [0, 0.1) is 6.92 Å². The summed E-state index contributed by atoms with van der Waals surface area (Å²) < 4.78 is 5.91. The number of oxazole rings is 1. The number of nitrogens with zero attached hydrogens (tertiary/aromatic N) is 1. The zero-order valence-electron chi connectivity index (χ0n) is 16.1. The number of fused-ring (bicyclic) bond motifs is 2. The molecule has 0 saturated carbocycles. The third-order valence-electron chi connectivity index (χ3n) is 5.03. The van der Waals surface area contributed by atoms with Crippen molar-refractivity contribution in [1.29, 1.82) is 0 Å². The second-order valence-electron chi connectivity index (χ2n) is 7.17. The molecule has 5 heteroatoms. The fourth-order valence-corrected chi connectivity index (χ4v) is 3.73. The Morgan fingerprint density at radius 2 is 1.80 bits per heavy atom. The monoisotopic (exact) mass is 412 g/mol. The summed E-state index contributed by atoms with van der Waals surface area (Å²) in [7, 11) is 0. The first kappa shape index (κ1) is 18.4. The van der Waals surface area contributed by atoms with Gasteiger partial charge in [0.15, 0.2) is 5.58 Å². The van der Waals surface area contributed by atoms with E-state index in [1.807, 2.05) is 67.6 Å². The first-order valence-electron chi connectivity index (χ1n) is 9.55. The van der Waals surface area contributed by atoms with Crippen LogP contribution in [0.25, 0.3) is 33.3 Å². The van der Waals surface area contributed by atoms with Crippen molar-refractivity contribution < 1.29 is 9.21 Å². The van der Waals surface area contributed by atoms with Gasteiger partial charge in [-0.15, -0.1) is 0 Å².